The molecule has 1 heteroatoms. The Morgan fingerprint density at radius 3 is 2.38 bits per heavy atom. The maximum absolute atomic E-state index is 5.92. The Balaban J connectivity index is 2.27. The standard InChI is InChI=1S/C15H24O/c1-3-5-6-10-13-16-15(4-2)14-11-8-7-9-12-14/h7-9,11-12,15H,3-6,10,13H2,1-2H3. The van der Waals surface area contributed by atoms with E-state index in [2.05, 4.69) is 44.2 Å². The predicted molar refractivity (Wildman–Crippen MR) is 69.6 cm³/mol. The summed E-state index contributed by atoms with van der Waals surface area (Å²) in [5, 5.41) is 0. The van der Waals surface area contributed by atoms with Crippen molar-refractivity contribution in [1.82, 2.24) is 0 Å². The first-order valence-corrected chi connectivity index (χ1v) is 6.55. The molecular weight excluding hydrogens is 196 g/mol. The monoisotopic (exact) mass is 220 g/mol. The van der Waals surface area contributed by atoms with Crippen LogP contribution in [0, 0.1) is 0 Å². The third kappa shape index (κ3) is 4.80. The Morgan fingerprint density at radius 1 is 1.00 bits per heavy atom. The second-order valence-electron chi connectivity index (χ2n) is 4.24. The van der Waals surface area contributed by atoms with Crippen molar-refractivity contribution in [3.63, 3.8) is 0 Å². The third-order valence-corrected chi connectivity index (χ3v) is 2.86. The van der Waals surface area contributed by atoms with Crippen LogP contribution in [0.3, 0.4) is 0 Å². The van der Waals surface area contributed by atoms with Gasteiger partial charge >= 0.3 is 0 Å². The summed E-state index contributed by atoms with van der Waals surface area (Å²) in [6.45, 7) is 5.32. The molecule has 0 saturated heterocycles. The molecule has 1 aromatic carbocycles. The molecule has 0 aliphatic heterocycles. The molecule has 0 N–H and O–H groups in total. The van der Waals surface area contributed by atoms with E-state index in [9.17, 15) is 0 Å². The van der Waals surface area contributed by atoms with E-state index in [0.29, 0.717) is 0 Å². The van der Waals surface area contributed by atoms with Crippen molar-refractivity contribution in [2.24, 2.45) is 0 Å². The summed E-state index contributed by atoms with van der Waals surface area (Å²) in [5.41, 5.74) is 1.31. The topological polar surface area (TPSA) is 9.23 Å². The molecule has 1 nitrogen and oxygen atoms in total. The molecule has 0 saturated carbocycles. The first-order chi connectivity index (χ1) is 7.88. The summed E-state index contributed by atoms with van der Waals surface area (Å²) in [5.74, 6) is 0. The second kappa shape index (κ2) is 8.35. The van der Waals surface area contributed by atoms with Gasteiger partial charge in [0, 0.05) is 6.61 Å². The lowest BCUT2D eigenvalue weighted by atomic mass is 10.1. The van der Waals surface area contributed by atoms with Gasteiger partial charge in [-0.25, -0.2) is 0 Å². The smallest absolute Gasteiger partial charge is 0.0822 e. The van der Waals surface area contributed by atoms with Crippen LogP contribution in [-0.2, 0) is 4.74 Å². The van der Waals surface area contributed by atoms with Crippen molar-refractivity contribution in [2.75, 3.05) is 6.61 Å². The first-order valence-electron chi connectivity index (χ1n) is 6.55. The Labute approximate surface area is 99.8 Å². The van der Waals surface area contributed by atoms with Crippen LogP contribution in [0.2, 0.25) is 0 Å². The fourth-order valence-corrected chi connectivity index (χ4v) is 1.87. The lowest BCUT2D eigenvalue weighted by Gasteiger charge is -2.16. The van der Waals surface area contributed by atoms with Gasteiger partial charge in [0.05, 0.1) is 6.10 Å². The number of hydrogen-bond donors (Lipinski definition) is 0. The Morgan fingerprint density at radius 2 is 1.75 bits per heavy atom. The number of ether oxygens (including phenoxy) is 1. The second-order valence-corrected chi connectivity index (χ2v) is 4.24. The minimum atomic E-state index is 0.280. The lowest BCUT2D eigenvalue weighted by molar-refractivity contribution is 0.0473. The van der Waals surface area contributed by atoms with Gasteiger partial charge in [0.2, 0.25) is 0 Å². The summed E-state index contributed by atoms with van der Waals surface area (Å²) in [6.07, 6.45) is 6.43. The Kier molecular flexibility index (Phi) is 6.91. The van der Waals surface area contributed by atoms with Crippen molar-refractivity contribution < 1.29 is 4.74 Å². The Hall–Kier alpha value is -0.820. The van der Waals surface area contributed by atoms with Crippen LogP contribution in [0.25, 0.3) is 0 Å². The van der Waals surface area contributed by atoms with Gasteiger partial charge < -0.3 is 4.74 Å². The number of rotatable bonds is 8. The normalized spacial score (nSPS) is 12.6. The van der Waals surface area contributed by atoms with Crippen LogP contribution in [0.1, 0.15) is 57.6 Å². The maximum Gasteiger partial charge on any atom is 0.0822 e. The van der Waals surface area contributed by atoms with Crippen LogP contribution >= 0.6 is 0 Å². The van der Waals surface area contributed by atoms with E-state index in [-0.39, 0.29) is 6.10 Å². The predicted octanol–water partition coefficient (Wildman–Crippen LogP) is 4.73. The average Bonchev–Trinajstić information content (AvgIpc) is 2.35. The fourth-order valence-electron chi connectivity index (χ4n) is 1.87. The fraction of sp³-hybridized carbons (Fsp3) is 0.600. The molecule has 90 valence electrons. The highest BCUT2D eigenvalue weighted by atomic mass is 16.5. The molecule has 1 unspecified atom stereocenters. The van der Waals surface area contributed by atoms with Crippen LogP contribution in [-0.4, -0.2) is 6.61 Å². The van der Waals surface area contributed by atoms with E-state index in [1.54, 1.807) is 0 Å². The summed E-state index contributed by atoms with van der Waals surface area (Å²) < 4.78 is 5.92. The van der Waals surface area contributed by atoms with Crippen molar-refractivity contribution in [1.29, 1.82) is 0 Å². The summed E-state index contributed by atoms with van der Waals surface area (Å²) >= 11 is 0. The van der Waals surface area contributed by atoms with E-state index in [4.69, 9.17) is 4.74 Å². The van der Waals surface area contributed by atoms with Gasteiger partial charge in [-0.15, -0.1) is 0 Å². The molecule has 16 heavy (non-hydrogen) atoms. The molecule has 0 amide bonds. The molecule has 1 atom stereocenters. The average molecular weight is 220 g/mol. The minimum Gasteiger partial charge on any atom is -0.374 e. The highest BCUT2D eigenvalue weighted by Crippen LogP contribution is 2.20. The molecule has 0 aromatic heterocycles. The maximum atomic E-state index is 5.92. The van der Waals surface area contributed by atoms with Crippen molar-refractivity contribution in [2.45, 2.75) is 52.1 Å². The zero-order valence-electron chi connectivity index (χ0n) is 10.6. The first kappa shape index (κ1) is 13.2. The number of hydrogen-bond acceptors (Lipinski definition) is 1. The van der Waals surface area contributed by atoms with Gasteiger partial charge in [0.1, 0.15) is 0 Å². The van der Waals surface area contributed by atoms with E-state index in [0.717, 1.165) is 13.0 Å². The van der Waals surface area contributed by atoms with Gasteiger partial charge in [0.15, 0.2) is 0 Å². The van der Waals surface area contributed by atoms with E-state index in [1.807, 2.05) is 0 Å². The van der Waals surface area contributed by atoms with Gasteiger partial charge in [-0.3, -0.25) is 0 Å². The van der Waals surface area contributed by atoms with Crippen molar-refractivity contribution in [3.05, 3.63) is 35.9 Å². The van der Waals surface area contributed by atoms with Crippen molar-refractivity contribution in [3.8, 4) is 0 Å². The molecule has 0 fully saturated rings. The SMILES string of the molecule is CCCCCCOC(CC)c1ccccc1. The van der Waals surface area contributed by atoms with E-state index >= 15 is 0 Å². The molecule has 0 radical (unpaired) electrons. The van der Waals surface area contributed by atoms with Crippen LogP contribution < -0.4 is 0 Å². The molecule has 0 aliphatic carbocycles. The molecular formula is C15H24O. The zero-order valence-corrected chi connectivity index (χ0v) is 10.6. The quantitative estimate of drug-likeness (QED) is 0.575. The van der Waals surface area contributed by atoms with Gasteiger partial charge in [0.25, 0.3) is 0 Å². The van der Waals surface area contributed by atoms with Gasteiger partial charge in [-0.1, -0.05) is 63.4 Å². The summed E-state index contributed by atoms with van der Waals surface area (Å²) in [7, 11) is 0. The molecule has 0 bridgehead atoms. The largest absolute Gasteiger partial charge is 0.374 e. The molecule has 0 aliphatic rings. The Bertz CT molecular complexity index is 255. The number of unbranched alkanes of at least 4 members (excludes halogenated alkanes) is 3. The molecule has 0 spiro atoms. The third-order valence-electron chi connectivity index (χ3n) is 2.86. The van der Waals surface area contributed by atoms with E-state index < -0.39 is 0 Å². The minimum absolute atomic E-state index is 0.280. The van der Waals surface area contributed by atoms with Crippen LogP contribution in [0.4, 0.5) is 0 Å². The lowest BCUT2D eigenvalue weighted by Crippen LogP contribution is -2.04. The zero-order chi connectivity index (χ0) is 11.6. The van der Waals surface area contributed by atoms with Crippen LogP contribution in [0.15, 0.2) is 30.3 Å². The summed E-state index contributed by atoms with van der Waals surface area (Å²) in [4.78, 5) is 0. The highest BCUT2D eigenvalue weighted by Gasteiger charge is 2.08. The molecule has 1 rings (SSSR count). The number of benzene rings is 1. The molecule has 0 heterocycles. The molecule has 1 aromatic rings. The summed E-state index contributed by atoms with van der Waals surface area (Å²) in [6, 6.07) is 10.5. The van der Waals surface area contributed by atoms with E-state index in [1.165, 1.54) is 31.2 Å². The van der Waals surface area contributed by atoms with Gasteiger partial charge in [-0.05, 0) is 18.4 Å². The van der Waals surface area contributed by atoms with Gasteiger partial charge in [-0.2, -0.15) is 0 Å². The van der Waals surface area contributed by atoms with Crippen molar-refractivity contribution >= 4 is 0 Å². The van der Waals surface area contributed by atoms with Crippen LogP contribution in [0.5, 0.6) is 0 Å². The highest BCUT2D eigenvalue weighted by molar-refractivity contribution is 5.17.